The van der Waals surface area contributed by atoms with Gasteiger partial charge in [0.15, 0.2) is 5.82 Å². The SMILES string of the molecule is COc1ccc(OCc2nnc3n2NC(=O)CS3)cc1. The highest BCUT2D eigenvalue weighted by Gasteiger charge is 2.20. The second kappa shape index (κ2) is 5.41. The van der Waals surface area contributed by atoms with Gasteiger partial charge in [0.1, 0.15) is 18.1 Å². The van der Waals surface area contributed by atoms with Crippen LogP contribution in [0.5, 0.6) is 11.5 Å². The Bertz CT molecular complexity index is 626. The molecule has 1 N–H and O–H groups in total. The van der Waals surface area contributed by atoms with Gasteiger partial charge in [-0.15, -0.1) is 10.2 Å². The Labute approximate surface area is 119 Å². The molecule has 0 atom stereocenters. The molecule has 0 unspecified atom stereocenters. The fraction of sp³-hybridized carbons (Fsp3) is 0.250. The predicted molar refractivity (Wildman–Crippen MR) is 72.4 cm³/mol. The van der Waals surface area contributed by atoms with Crippen molar-refractivity contribution in [2.24, 2.45) is 0 Å². The quantitative estimate of drug-likeness (QED) is 0.907. The van der Waals surface area contributed by atoms with Crippen LogP contribution in [0.3, 0.4) is 0 Å². The van der Waals surface area contributed by atoms with E-state index in [-0.39, 0.29) is 12.5 Å². The molecule has 1 aromatic heterocycles. The van der Waals surface area contributed by atoms with Crippen molar-refractivity contribution < 1.29 is 14.3 Å². The maximum absolute atomic E-state index is 11.4. The Morgan fingerprint density at radius 3 is 2.80 bits per heavy atom. The normalized spacial score (nSPS) is 13.6. The molecule has 0 radical (unpaired) electrons. The standard InChI is InChI=1S/C12H12N4O3S/c1-18-8-2-4-9(5-3-8)19-6-10-13-14-12-16(10)15-11(17)7-20-12/h2-5H,6-7H2,1H3,(H,15,17). The first-order valence-corrected chi connectivity index (χ1v) is 6.88. The van der Waals surface area contributed by atoms with E-state index >= 15 is 0 Å². The monoisotopic (exact) mass is 292 g/mol. The lowest BCUT2D eigenvalue weighted by Crippen LogP contribution is -2.31. The van der Waals surface area contributed by atoms with E-state index < -0.39 is 0 Å². The zero-order valence-electron chi connectivity index (χ0n) is 10.7. The van der Waals surface area contributed by atoms with Gasteiger partial charge < -0.3 is 9.47 Å². The first kappa shape index (κ1) is 12.8. The smallest absolute Gasteiger partial charge is 0.249 e. The van der Waals surface area contributed by atoms with Crippen molar-refractivity contribution in [1.82, 2.24) is 14.9 Å². The summed E-state index contributed by atoms with van der Waals surface area (Å²) < 4.78 is 12.2. The van der Waals surface area contributed by atoms with Crippen LogP contribution in [-0.4, -0.2) is 33.6 Å². The molecule has 1 amide bonds. The van der Waals surface area contributed by atoms with Gasteiger partial charge >= 0.3 is 0 Å². The van der Waals surface area contributed by atoms with Crippen LogP contribution in [0.2, 0.25) is 0 Å². The summed E-state index contributed by atoms with van der Waals surface area (Å²) in [6, 6.07) is 7.23. The summed E-state index contributed by atoms with van der Waals surface area (Å²) >= 11 is 1.35. The van der Waals surface area contributed by atoms with Gasteiger partial charge in [-0.1, -0.05) is 11.8 Å². The number of ether oxygens (including phenoxy) is 2. The molecule has 0 bridgehead atoms. The number of methoxy groups -OCH3 is 1. The van der Waals surface area contributed by atoms with Crippen molar-refractivity contribution >= 4 is 17.7 Å². The number of carbonyl (C=O) groups is 1. The van der Waals surface area contributed by atoms with Crippen LogP contribution in [0.4, 0.5) is 0 Å². The number of nitrogens with zero attached hydrogens (tertiary/aromatic N) is 3. The van der Waals surface area contributed by atoms with Gasteiger partial charge in [-0.05, 0) is 24.3 Å². The zero-order chi connectivity index (χ0) is 13.9. The molecule has 1 aliphatic heterocycles. The van der Waals surface area contributed by atoms with Crippen molar-refractivity contribution in [3.63, 3.8) is 0 Å². The summed E-state index contributed by atoms with van der Waals surface area (Å²) in [5, 5.41) is 8.67. The Balaban J connectivity index is 1.69. The molecule has 20 heavy (non-hydrogen) atoms. The van der Waals surface area contributed by atoms with E-state index in [0.717, 1.165) is 5.75 Å². The average Bonchev–Trinajstić information content (AvgIpc) is 2.88. The van der Waals surface area contributed by atoms with Gasteiger partial charge in [0, 0.05) is 0 Å². The fourth-order valence-electron chi connectivity index (χ4n) is 1.71. The Kier molecular flexibility index (Phi) is 3.46. The van der Waals surface area contributed by atoms with Gasteiger partial charge in [-0.2, -0.15) is 0 Å². The molecule has 2 heterocycles. The van der Waals surface area contributed by atoms with E-state index in [1.165, 1.54) is 11.8 Å². The lowest BCUT2D eigenvalue weighted by atomic mass is 10.3. The molecule has 0 fully saturated rings. The minimum atomic E-state index is -0.0759. The van der Waals surface area contributed by atoms with E-state index in [2.05, 4.69) is 15.6 Å². The molecule has 0 saturated heterocycles. The molecule has 0 saturated carbocycles. The highest BCUT2D eigenvalue weighted by molar-refractivity contribution is 7.99. The number of nitrogens with one attached hydrogen (secondary N) is 1. The Morgan fingerprint density at radius 2 is 2.05 bits per heavy atom. The second-order valence-electron chi connectivity index (χ2n) is 4.02. The average molecular weight is 292 g/mol. The summed E-state index contributed by atoms with van der Waals surface area (Å²) in [6.45, 7) is 0.222. The number of benzene rings is 1. The lowest BCUT2D eigenvalue weighted by Gasteiger charge is -2.15. The van der Waals surface area contributed by atoms with Crippen LogP contribution in [0, 0.1) is 0 Å². The Morgan fingerprint density at radius 1 is 1.30 bits per heavy atom. The summed E-state index contributed by atoms with van der Waals surface area (Å²) in [4.78, 5) is 11.4. The summed E-state index contributed by atoms with van der Waals surface area (Å²) in [6.07, 6.45) is 0. The third kappa shape index (κ3) is 2.55. The fourth-order valence-corrected chi connectivity index (χ4v) is 2.41. The van der Waals surface area contributed by atoms with Gasteiger partial charge in [0.25, 0.3) is 0 Å². The number of carbonyl (C=O) groups excluding carboxylic acids is 1. The topological polar surface area (TPSA) is 78.3 Å². The van der Waals surface area contributed by atoms with Crippen LogP contribution < -0.4 is 14.9 Å². The second-order valence-corrected chi connectivity index (χ2v) is 4.96. The molecule has 8 heteroatoms. The molecular weight excluding hydrogens is 280 g/mol. The molecule has 0 spiro atoms. The van der Waals surface area contributed by atoms with E-state index in [1.54, 1.807) is 23.9 Å². The molecule has 0 aliphatic carbocycles. The zero-order valence-corrected chi connectivity index (χ0v) is 11.5. The van der Waals surface area contributed by atoms with Crippen molar-refractivity contribution in [1.29, 1.82) is 0 Å². The van der Waals surface area contributed by atoms with Gasteiger partial charge in [-0.3, -0.25) is 10.2 Å². The number of rotatable bonds is 4. The first-order valence-electron chi connectivity index (χ1n) is 5.90. The van der Waals surface area contributed by atoms with Crippen LogP contribution >= 0.6 is 11.8 Å². The third-order valence-electron chi connectivity index (χ3n) is 2.70. The van der Waals surface area contributed by atoms with Crippen molar-refractivity contribution in [3.8, 4) is 11.5 Å². The molecule has 2 aromatic rings. The van der Waals surface area contributed by atoms with Gasteiger partial charge in [0.2, 0.25) is 11.1 Å². The molecule has 104 valence electrons. The molecule has 7 nitrogen and oxygen atoms in total. The van der Waals surface area contributed by atoms with Gasteiger partial charge in [0.05, 0.1) is 12.9 Å². The lowest BCUT2D eigenvalue weighted by molar-refractivity contribution is -0.115. The molecule has 3 rings (SSSR count). The van der Waals surface area contributed by atoms with Crippen LogP contribution in [0.1, 0.15) is 5.82 Å². The summed E-state index contributed by atoms with van der Waals surface area (Å²) in [5.74, 6) is 2.29. The summed E-state index contributed by atoms with van der Waals surface area (Å²) in [5.41, 5.74) is 2.69. The Hall–Kier alpha value is -2.22. The predicted octanol–water partition coefficient (Wildman–Crippen LogP) is 1.04. The van der Waals surface area contributed by atoms with Gasteiger partial charge in [-0.25, -0.2) is 4.68 Å². The number of hydrogen-bond acceptors (Lipinski definition) is 6. The van der Waals surface area contributed by atoms with Crippen molar-refractivity contribution in [2.45, 2.75) is 11.8 Å². The van der Waals surface area contributed by atoms with E-state index in [0.29, 0.717) is 22.5 Å². The van der Waals surface area contributed by atoms with Crippen molar-refractivity contribution in [2.75, 3.05) is 18.3 Å². The molecular formula is C12H12N4O3S. The van der Waals surface area contributed by atoms with Crippen LogP contribution in [0.25, 0.3) is 0 Å². The number of fused-ring (bicyclic) bond motifs is 1. The van der Waals surface area contributed by atoms with E-state index in [9.17, 15) is 4.79 Å². The maximum Gasteiger partial charge on any atom is 0.249 e. The minimum absolute atomic E-state index is 0.0759. The van der Waals surface area contributed by atoms with E-state index in [4.69, 9.17) is 9.47 Å². The maximum atomic E-state index is 11.4. The van der Waals surface area contributed by atoms with Crippen molar-refractivity contribution in [3.05, 3.63) is 30.1 Å². The first-order chi connectivity index (χ1) is 9.76. The van der Waals surface area contributed by atoms with Crippen LogP contribution in [0.15, 0.2) is 29.4 Å². The number of hydrogen-bond donors (Lipinski definition) is 1. The van der Waals surface area contributed by atoms with E-state index in [1.807, 2.05) is 12.1 Å². The number of thioether (sulfide) groups is 1. The third-order valence-corrected chi connectivity index (χ3v) is 3.63. The number of aromatic nitrogens is 3. The molecule has 1 aromatic carbocycles. The molecule has 1 aliphatic rings. The van der Waals surface area contributed by atoms with Crippen LogP contribution in [-0.2, 0) is 11.4 Å². The highest BCUT2D eigenvalue weighted by Crippen LogP contribution is 2.21. The largest absolute Gasteiger partial charge is 0.497 e. The minimum Gasteiger partial charge on any atom is -0.497 e. The summed E-state index contributed by atoms with van der Waals surface area (Å²) in [7, 11) is 1.61. The number of amides is 1. The highest BCUT2D eigenvalue weighted by atomic mass is 32.2.